The fraction of sp³-hybridized carbons (Fsp3) is 0.625. The van der Waals surface area contributed by atoms with Crippen LogP contribution >= 0.6 is 0 Å². The summed E-state index contributed by atoms with van der Waals surface area (Å²) in [4.78, 5) is 2.58. The highest BCUT2D eigenvalue weighted by molar-refractivity contribution is 5.14. The van der Waals surface area contributed by atoms with Crippen LogP contribution in [0, 0.1) is 5.41 Å². The Bertz CT molecular complexity index is 363. The van der Waals surface area contributed by atoms with Crippen molar-refractivity contribution in [3.8, 4) is 0 Å². The number of nitrogens with zero attached hydrogens (tertiary/aromatic N) is 1. The van der Waals surface area contributed by atoms with Crippen molar-refractivity contribution in [2.75, 3.05) is 19.6 Å². The van der Waals surface area contributed by atoms with E-state index in [1.165, 1.54) is 5.56 Å². The molecule has 1 N–H and O–H groups in total. The predicted molar refractivity (Wildman–Crippen MR) is 77.6 cm³/mol. The van der Waals surface area contributed by atoms with Gasteiger partial charge < -0.3 is 5.32 Å². The molecule has 1 heterocycles. The lowest BCUT2D eigenvalue weighted by atomic mass is 9.93. The summed E-state index contributed by atoms with van der Waals surface area (Å²) in [5, 5.41) is 3.69. The van der Waals surface area contributed by atoms with Gasteiger partial charge in [-0.1, -0.05) is 44.2 Å². The summed E-state index contributed by atoms with van der Waals surface area (Å²) in [6.45, 7) is 13.7. The maximum Gasteiger partial charge on any atom is 0.0252 e. The van der Waals surface area contributed by atoms with Crippen molar-refractivity contribution in [2.45, 2.75) is 39.8 Å². The number of benzene rings is 1. The molecule has 0 saturated carbocycles. The second kappa shape index (κ2) is 5.02. The van der Waals surface area contributed by atoms with Crippen LogP contribution in [0.1, 0.15) is 33.3 Å². The van der Waals surface area contributed by atoms with Gasteiger partial charge in [-0.3, -0.25) is 4.90 Å². The Morgan fingerprint density at radius 2 is 1.72 bits per heavy atom. The van der Waals surface area contributed by atoms with Gasteiger partial charge in [0.25, 0.3) is 0 Å². The van der Waals surface area contributed by atoms with E-state index in [0.717, 1.165) is 26.2 Å². The minimum Gasteiger partial charge on any atom is -0.310 e. The average Bonchev–Trinajstić information content (AvgIpc) is 2.36. The van der Waals surface area contributed by atoms with E-state index in [2.05, 4.69) is 68.2 Å². The van der Waals surface area contributed by atoms with Crippen LogP contribution in [0.5, 0.6) is 0 Å². The summed E-state index contributed by atoms with van der Waals surface area (Å²) in [5.41, 5.74) is 1.94. The molecule has 0 unspecified atom stereocenters. The summed E-state index contributed by atoms with van der Waals surface area (Å²) in [7, 11) is 0. The van der Waals surface area contributed by atoms with Gasteiger partial charge in [-0.05, 0) is 24.8 Å². The number of rotatable bonds is 2. The molecule has 0 amide bonds. The minimum atomic E-state index is 0.197. The normalized spacial score (nSPS) is 23.6. The standard InChI is InChI=1S/C16H26N2/c1-15(2)11-17-16(3,4)13-18(12-15)10-14-8-6-5-7-9-14/h5-9,17H,10-13H2,1-4H3. The highest BCUT2D eigenvalue weighted by Gasteiger charge is 2.32. The van der Waals surface area contributed by atoms with Crippen LogP contribution in [0.25, 0.3) is 0 Å². The first-order valence-corrected chi connectivity index (χ1v) is 6.88. The average molecular weight is 246 g/mol. The molecule has 1 saturated heterocycles. The molecule has 1 aromatic rings. The van der Waals surface area contributed by atoms with E-state index in [-0.39, 0.29) is 5.54 Å². The molecule has 0 aliphatic carbocycles. The largest absolute Gasteiger partial charge is 0.310 e. The van der Waals surface area contributed by atoms with Gasteiger partial charge in [0.1, 0.15) is 0 Å². The number of nitrogens with one attached hydrogen (secondary N) is 1. The van der Waals surface area contributed by atoms with Crippen molar-refractivity contribution >= 4 is 0 Å². The van der Waals surface area contributed by atoms with Gasteiger partial charge in [-0.15, -0.1) is 0 Å². The monoisotopic (exact) mass is 246 g/mol. The molecule has 100 valence electrons. The van der Waals surface area contributed by atoms with Crippen LogP contribution in [0.3, 0.4) is 0 Å². The molecule has 0 bridgehead atoms. The number of hydrogen-bond donors (Lipinski definition) is 1. The SMILES string of the molecule is CC1(C)CNC(C)(C)CN(Cc2ccccc2)C1. The van der Waals surface area contributed by atoms with E-state index in [0.29, 0.717) is 5.41 Å². The lowest BCUT2D eigenvalue weighted by Gasteiger charge is -2.31. The molecule has 0 atom stereocenters. The smallest absolute Gasteiger partial charge is 0.0252 e. The minimum absolute atomic E-state index is 0.197. The third-order valence-corrected chi connectivity index (χ3v) is 3.57. The molecule has 1 aromatic carbocycles. The van der Waals surface area contributed by atoms with Crippen molar-refractivity contribution in [2.24, 2.45) is 5.41 Å². The summed E-state index contributed by atoms with van der Waals surface area (Å²) in [6, 6.07) is 10.8. The molecule has 0 spiro atoms. The summed E-state index contributed by atoms with van der Waals surface area (Å²) >= 11 is 0. The summed E-state index contributed by atoms with van der Waals surface area (Å²) in [6.07, 6.45) is 0. The van der Waals surface area contributed by atoms with E-state index in [1.54, 1.807) is 0 Å². The third kappa shape index (κ3) is 3.82. The zero-order valence-electron chi connectivity index (χ0n) is 12.2. The molecular weight excluding hydrogens is 220 g/mol. The van der Waals surface area contributed by atoms with Crippen molar-refractivity contribution in [1.82, 2.24) is 10.2 Å². The van der Waals surface area contributed by atoms with Gasteiger partial charge in [-0.25, -0.2) is 0 Å². The third-order valence-electron chi connectivity index (χ3n) is 3.57. The molecule has 2 nitrogen and oxygen atoms in total. The van der Waals surface area contributed by atoms with Crippen LogP contribution in [0.4, 0.5) is 0 Å². The highest BCUT2D eigenvalue weighted by atomic mass is 15.2. The maximum absolute atomic E-state index is 3.69. The summed E-state index contributed by atoms with van der Waals surface area (Å²) in [5.74, 6) is 0. The van der Waals surface area contributed by atoms with E-state index in [9.17, 15) is 0 Å². The van der Waals surface area contributed by atoms with Crippen molar-refractivity contribution < 1.29 is 0 Å². The Morgan fingerprint density at radius 1 is 1.06 bits per heavy atom. The Kier molecular flexibility index (Phi) is 3.79. The lowest BCUT2D eigenvalue weighted by Crippen LogP contribution is -2.46. The van der Waals surface area contributed by atoms with Crippen molar-refractivity contribution in [3.05, 3.63) is 35.9 Å². The molecule has 0 aromatic heterocycles. The number of hydrogen-bond acceptors (Lipinski definition) is 2. The van der Waals surface area contributed by atoms with E-state index < -0.39 is 0 Å². The quantitative estimate of drug-likeness (QED) is 0.863. The van der Waals surface area contributed by atoms with Gasteiger partial charge in [0.15, 0.2) is 0 Å². The Labute approximate surface area is 111 Å². The topological polar surface area (TPSA) is 15.3 Å². The van der Waals surface area contributed by atoms with Gasteiger partial charge in [0.05, 0.1) is 0 Å². The Hall–Kier alpha value is -0.860. The maximum atomic E-state index is 3.69. The lowest BCUT2D eigenvalue weighted by molar-refractivity contribution is 0.183. The Morgan fingerprint density at radius 3 is 2.39 bits per heavy atom. The van der Waals surface area contributed by atoms with E-state index in [4.69, 9.17) is 0 Å². The second-order valence-corrected chi connectivity index (χ2v) is 7.03. The van der Waals surface area contributed by atoms with Crippen LogP contribution < -0.4 is 5.32 Å². The van der Waals surface area contributed by atoms with Gasteiger partial charge in [0.2, 0.25) is 0 Å². The first kappa shape index (κ1) is 13.6. The van der Waals surface area contributed by atoms with Crippen molar-refractivity contribution in [1.29, 1.82) is 0 Å². The molecule has 1 aliphatic heterocycles. The zero-order chi connectivity index (χ0) is 13.2. The fourth-order valence-electron chi connectivity index (χ4n) is 2.76. The summed E-state index contributed by atoms with van der Waals surface area (Å²) < 4.78 is 0. The molecule has 2 heteroatoms. The van der Waals surface area contributed by atoms with Crippen LogP contribution in [0.2, 0.25) is 0 Å². The second-order valence-electron chi connectivity index (χ2n) is 7.03. The first-order valence-electron chi connectivity index (χ1n) is 6.88. The Balaban J connectivity index is 2.10. The molecule has 1 fully saturated rings. The molecule has 0 radical (unpaired) electrons. The predicted octanol–water partition coefficient (Wildman–Crippen LogP) is 2.90. The van der Waals surface area contributed by atoms with Crippen LogP contribution in [-0.4, -0.2) is 30.1 Å². The van der Waals surface area contributed by atoms with Gasteiger partial charge >= 0.3 is 0 Å². The van der Waals surface area contributed by atoms with Crippen molar-refractivity contribution in [3.63, 3.8) is 0 Å². The molecule has 2 rings (SSSR count). The van der Waals surface area contributed by atoms with Gasteiger partial charge in [0, 0.05) is 31.7 Å². The zero-order valence-corrected chi connectivity index (χ0v) is 12.2. The molecular formula is C16H26N2. The molecule has 18 heavy (non-hydrogen) atoms. The fourth-order valence-corrected chi connectivity index (χ4v) is 2.76. The van der Waals surface area contributed by atoms with E-state index >= 15 is 0 Å². The molecule has 1 aliphatic rings. The van der Waals surface area contributed by atoms with Crippen LogP contribution in [0.15, 0.2) is 30.3 Å². The van der Waals surface area contributed by atoms with Crippen LogP contribution in [-0.2, 0) is 6.54 Å². The highest BCUT2D eigenvalue weighted by Crippen LogP contribution is 2.24. The van der Waals surface area contributed by atoms with Gasteiger partial charge in [-0.2, -0.15) is 0 Å². The first-order chi connectivity index (χ1) is 8.36. The van der Waals surface area contributed by atoms with E-state index in [1.807, 2.05) is 0 Å².